The Bertz CT molecular complexity index is 773. The SMILES string of the molecule is COC(=O)[C@@H]1CCC[C@H]1NC(=O)[C@@H](C)Oc1ccc(-c2ccccc2)cc1. The van der Waals surface area contributed by atoms with Crippen molar-refractivity contribution < 1.29 is 19.1 Å². The summed E-state index contributed by atoms with van der Waals surface area (Å²) in [5, 5.41) is 2.94. The van der Waals surface area contributed by atoms with Gasteiger partial charge in [0.1, 0.15) is 5.75 Å². The number of carbonyl (C=O) groups excluding carboxylic acids is 2. The molecule has 0 heterocycles. The average Bonchev–Trinajstić information content (AvgIpc) is 3.16. The van der Waals surface area contributed by atoms with E-state index in [1.165, 1.54) is 7.11 Å². The summed E-state index contributed by atoms with van der Waals surface area (Å²) >= 11 is 0. The Morgan fingerprint density at radius 2 is 1.67 bits per heavy atom. The molecule has 0 spiro atoms. The van der Waals surface area contributed by atoms with Gasteiger partial charge >= 0.3 is 5.97 Å². The number of benzene rings is 2. The second-order valence-corrected chi connectivity index (χ2v) is 6.83. The Labute approximate surface area is 159 Å². The van der Waals surface area contributed by atoms with Crippen LogP contribution in [0.5, 0.6) is 5.75 Å². The molecule has 0 radical (unpaired) electrons. The molecule has 2 aromatic carbocycles. The lowest BCUT2D eigenvalue weighted by Gasteiger charge is -2.22. The van der Waals surface area contributed by atoms with Crippen LogP contribution in [-0.4, -0.2) is 31.1 Å². The van der Waals surface area contributed by atoms with Crippen LogP contribution in [0.4, 0.5) is 0 Å². The summed E-state index contributed by atoms with van der Waals surface area (Å²) < 4.78 is 10.6. The van der Waals surface area contributed by atoms with Gasteiger partial charge in [0.15, 0.2) is 6.10 Å². The first-order valence-electron chi connectivity index (χ1n) is 9.29. The fourth-order valence-electron chi connectivity index (χ4n) is 3.48. The van der Waals surface area contributed by atoms with Crippen molar-refractivity contribution in [1.82, 2.24) is 5.32 Å². The normalized spacial score (nSPS) is 19.9. The van der Waals surface area contributed by atoms with Crippen LogP contribution in [0, 0.1) is 5.92 Å². The maximum absolute atomic E-state index is 12.5. The first-order chi connectivity index (χ1) is 13.1. The van der Waals surface area contributed by atoms with Crippen LogP contribution >= 0.6 is 0 Å². The Hall–Kier alpha value is -2.82. The summed E-state index contributed by atoms with van der Waals surface area (Å²) in [6.45, 7) is 1.71. The number of hydrogen-bond donors (Lipinski definition) is 1. The lowest BCUT2D eigenvalue weighted by atomic mass is 10.0. The molecule has 2 aromatic rings. The lowest BCUT2D eigenvalue weighted by Crippen LogP contribution is -2.45. The largest absolute Gasteiger partial charge is 0.481 e. The predicted molar refractivity (Wildman–Crippen MR) is 103 cm³/mol. The third-order valence-electron chi connectivity index (χ3n) is 4.99. The van der Waals surface area contributed by atoms with E-state index in [1.54, 1.807) is 6.92 Å². The first-order valence-corrected chi connectivity index (χ1v) is 9.29. The van der Waals surface area contributed by atoms with Crippen LogP contribution in [-0.2, 0) is 14.3 Å². The quantitative estimate of drug-likeness (QED) is 0.793. The van der Waals surface area contributed by atoms with Gasteiger partial charge in [-0.3, -0.25) is 9.59 Å². The van der Waals surface area contributed by atoms with E-state index in [0.29, 0.717) is 5.75 Å². The molecule has 3 rings (SSSR count). The van der Waals surface area contributed by atoms with Crippen molar-refractivity contribution in [2.75, 3.05) is 7.11 Å². The van der Waals surface area contributed by atoms with E-state index in [9.17, 15) is 9.59 Å². The Morgan fingerprint density at radius 1 is 1.00 bits per heavy atom. The average molecular weight is 367 g/mol. The Kier molecular flexibility index (Phi) is 6.12. The lowest BCUT2D eigenvalue weighted by molar-refractivity contribution is -0.146. The molecule has 5 nitrogen and oxygen atoms in total. The second kappa shape index (κ2) is 8.71. The summed E-state index contributed by atoms with van der Waals surface area (Å²) in [5.41, 5.74) is 2.22. The van der Waals surface area contributed by atoms with Gasteiger partial charge in [-0.2, -0.15) is 0 Å². The topological polar surface area (TPSA) is 64.6 Å². The van der Waals surface area contributed by atoms with Crippen LogP contribution in [0.25, 0.3) is 11.1 Å². The minimum absolute atomic E-state index is 0.184. The summed E-state index contributed by atoms with van der Waals surface area (Å²) in [5.74, 6) is -0.115. The number of amides is 1. The molecule has 1 saturated carbocycles. The van der Waals surface area contributed by atoms with E-state index >= 15 is 0 Å². The van der Waals surface area contributed by atoms with Crippen molar-refractivity contribution >= 4 is 11.9 Å². The highest BCUT2D eigenvalue weighted by molar-refractivity contribution is 5.82. The van der Waals surface area contributed by atoms with Crippen LogP contribution in [0.2, 0.25) is 0 Å². The molecule has 1 fully saturated rings. The van der Waals surface area contributed by atoms with Crippen molar-refractivity contribution in [3.63, 3.8) is 0 Å². The van der Waals surface area contributed by atoms with Crippen LogP contribution < -0.4 is 10.1 Å². The highest BCUT2D eigenvalue weighted by atomic mass is 16.5. The molecule has 27 heavy (non-hydrogen) atoms. The van der Waals surface area contributed by atoms with Gasteiger partial charge in [0.25, 0.3) is 5.91 Å². The molecule has 1 aliphatic carbocycles. The first kappa shape index (κ1) is 19.0. The molecular formula is C22H25NO4. The molecule has 1 N–H and O–H groups in total. The number of hydrogen-bond acceptors (Lipinski definition) is 4. The highest BCUT2D eigenvalue weighted by Crippen LogP contribution is 2.27. The molecule has 3 atom stereocenters. The monoisotopic (exact) mass is 367 g/mol. The van der Waals surface area contributed by atoms with E-state index in [4.69, 9.17) is 9.47 Å². The maximum Gasteiger partial charge on any atom is 0.310 e. The summed E-state index contributed by atoms with van der Waals surface area (Å²) in [6.07, 6.45) is 1.78. The van der Waals surface area contributed by atoms with Crippen molar-refractivity contribution in [3.8, 4) is 16.9 Å². The third-order valence-corrected chi connectivity index (χ3v) is 4.99. The van der Waals surface area contributed by atoms with E-state index in [1.807, 2.05) is 54.6 Å². The number of carbonyl (C=O) groups is 2. The van der Waals surface area contributed by atoms with Crippen molar-refractivity contribution in [2.45, 2.75) is 38.3 Å². The molecule has 142 valence electrons. The van der Waals surface area contributed by atoms with E-state index < -0.39 is 6.10 Å². The Morgan fingerprint density at radius 3 is 2.33 bits per heavy atom. The van der Waals surface area contributed by atoms with E-state index in [0.717, 1.165) is 30.4 Å². The van der Waals surface area contributed by atoms with Gasteiger partial charge in [-0.05, 0) is 43.0 Å². The smallest absolute Gasteiger partial charge is 0.310 e. The van der Waals surface area contributed by atoms with Crippen LogP contribution in [0.1, 0.15) is 26.2 Å². The van der Waals surface area contributed by atoms with Crippen LogP contribution in [0.15, 0.2) is 54.6 Å². The van der Waals surface area contributed by atoms with Gasteiger partial charge in [-0.1, -0.05) is 48.9 Å². The van der Waals surface area contributed by atoms with Gasteiger partial charge in [-0.15, -0.1) is 0 Å². The highest BCUT2D eigenvalue weighted by Gasteiger charge is 2.35. The molecular weight excluding hydrogens is 342 g/mol. The fraction of sp³-hybridized carbons (Fsp3) is 0.364. The third kappa shape index (κ3) is 4.67. The minimum Gasteiger partial charge on any atom is -0.481 e. The maximum atomic E-state index is 12.5. The molecule has 1 amide bonds. The van der Waals surface area contributed by atoms with Gasteiger partial charge in [-0.25, -0.2) is 0 Å². The van der Waals surface area contributed by atoms with Gasteiger partial charge in [0.2, 0.25) is 0 Å². The van der Waals surface area contributed by atoms with Gasteiger partial charge in [0.05, 0.1) is 13.0 Å². The van der Waals surface area contributed by atoms with Crippen molar-refractivity contribution in [1.29, 1.82) is 0 Å². The van der Waals surface area contributed by atoms with Crippen molar-refractivity contribution in [3.05, 3.63) is 54.6 Å². The summed E-state index contributed by atoms with van der Waals surface area (Å²) in [4.78, 5) is 24.3. The number of rotatable bonds is 6. The summed E-state index contributed by atoms with van der Waals surface area (Å²) in [6, 6.07) is 17.5. The minimum atomic E-state index is -0.647. The number of esters is 1. The van der Waals surface area contributed by atoms with E-state index in [-0.39, 0.29) is 23.8 Å². The molecule has 1 aliphatic rings. The van der Waals surface area contributed by atoms with Gasteiger partial charge in [0, 0.05) is 6.04 Å². The predicted octanol–water partition coefficient (Wildman–Crippen LogP) is 3.58. The number of methoxy groups -OCH3 is 1. The molecule has 0 unspecified atom stereocenters. The molecule has 5 heteroatoms. The zero-order chi connectivity index (χ0) is 19.2. The zero-order valence-electron chi connectivity index (χ0n) is 15.7. The standard InChI is InChI=1S/C22H25NO4/c1-15(21(24)23-20-10-6-9-19(20)22(25)26-2)27-18-13-11-17(12-14-18)16-7-4-3-5-8-16/h3-5,7-8,11-15,19-20H,6,9-10H2,1-2H3,(H,23,24)/t15-,19-,20-/m1/s1. The molecule has 0 saturated heterocycles. The molecule has 0 bridgehead atoms. The number of ether oxygens (including phenoxy) is 2. The van der Waals surface area contributed by atoms with Crippen LogP contribution in [0.3, 0.4) is 0 Å². The van der Waals surface area contributed by atoms with Gasteiger partial charge < -0.3 is 14.8 Å². The molecule has 0 aliphatic heterocycles. The second-order valence-electron chi connectivity index (χ2n) is 6.83. The number of nitrogens with one attached hydrogen (secondary N) is 1. The van der Waals surface area contributed by atoms with E-state index in [2.05, 4.69) is 5.32 Å². The zero-order valence-corrected chi connectivity index (χ0v) is 15.7. The summed E-state index contributed by atoms with van der Waals surface area (Å²) in [7, 11) is 1.38. The van der Waals surface area contributed by atoms with Crippen molar-refractivity contribution in [2.24, 2.45) is 5.92 Å². The fourth-order valence-corrected chi connectivity index (χ4v) is 3.48. The molecule has 0 aromatic heterocycles. The Balaban J connectivity index is 1.57.